The van der Waals surface area contributed by atoms with Gasteiger partial charge in [0, 0.05) is 17.1 Å². The molecule has 1 aliphatic rings. The molecule has 1 N–H and O–H groups in total. The molecule has 1 atom stereocenters. The first-order valence-electron chi connectivity index (χ1n) is 9.25. The molecule has 0 saturated carbocycles. The second kappa shape index (κ2) is 7.61. The molecule has 0 spiro atoms. The summed E-state index contributed by atoms with van der Waals surface area (Å²) in [6, 6.07) is 18.7. The Balaban J connectivity index is 1.29. The maximum atomic E-state index is 12.4. The summed E-state index contributed by atoms with van der Waals surface area (Å²) in [7, 11) is 0. The number of carbonyl (C=O) groups is 1. The number of amides is 1. The second-order valence-corrected chi connectivity index (χ2v) is 8.21. The quantitative estimate of drug-likeness (QED) is 0.734. The number of hydrogen-bond acceptors (Lipinski definition) is 3. The molecule has 3 aromatic rings. The molecule has 1 aliphatic heterocycles. The van der Waals surface area contributed by atoms with Gasteiger partial charge in [0.05, 0.1) is 16.6 Å². The molecule has 27 heavy (non-hydrogen) atoms. The molecule has 1 amide bonds. The lowest BCUT2D eigenvalue weighted by Crippen LogP contribution is -2.33. The highest BCUT2D eigenvalue weighted by atomic mass is 32.2. The summed E-state index contributed by atoms with van der Waals surface area (Å²) in [5, 5.41) is 7.60. The molecule has 1 aromatic heterocycles. The molecule has 0 fully saturated rings. The standard InChI is InChI=1S/C22H23N3OS/c1-15-13-16(2)25(24-15)19-9-7-17(8-10-19)11-12-23-22(26)21-14-18-5-3-4-6-20(18)27-21/h3-10,13,21H,11-12,14H2,1-2H3,(H,23,26). The molecule has 1 unspecified atom stereocenters. The fourth-order valence-corrected chi connectivity index (χ4v) is 4.69. The van der Waals surface area contributed by atoms with Crippen molar-refractivity contribution >= 4 is 17.7 Å². The van der Waals surface area contributed by atoms with E-state index in [1.165, 1.54) is 16.0 Å². The fourth-order valence-electron chi connectivity index (χ4n) is 3.47. The number of rotatable bonds is 5. The number of aryl methyl sites for hydroxylation is 2. The van der Waals surface area contributed by atoms with E-state index >= 15 is 0 Å². The van der Waals surface area contributed by atoms with Crippen molar-refractivity contribution in [3.8, 4) is 5.69 Å². The third-order valence-corrected chi connectivity index (χ3v) is 6.16. The van der Waals surface area contributed by atoms with Gasteiger partial charge < -0.3 is 5.32 Å². The lowest BCUT2D eigenvalue weighted by molar-refractivity contribution is -0.120. The van der Waals surface area contributed by atoms with Crippen LogP contribution in [0, 0.1) is 13.8 Å². The van der Waals surface area contributed by atoms with Gasteiger partial charge in [-0.25, -0.2) is 4.68 Å². The normalized spacial score (nSPS) is 15.6. The van der Waals surface area contributed by atoms with E-state index in [2.05, 4.69) is 59.8 Å². The van der Waals surface area contributed by atoms with E-state index in [-0.39, 0.29) is 11.2 Å². The largest absolute Gasteiger partial charge is 0.355 e. The Hall–Kier alpha value is -2.53. The van der Waals surface area contributed by atoms with Gasteiger partial charge in [0.2, 0.25) is 5.91 Å². The van der Waals surface area contributed by atoms with Gasteiger partial charge in [-0.1, -0.05) is 30.3 Å². The predicted octanol–water partition coefficient (Wildman–Crippen LogP) is 3.86. The van der Waals surface area contributed by atoms with Gasteiger partial charge in [-0.05, 0) is 62.1 Å². The summed E-state index contributed by atoms with van der Waals surface area (Å²) in [5.41, 5.74) is 5.70. The van der Waals surface area contributed by atoms with Crippen LogP contribution in [-0.4, -0.2) is 27.5 Å². The Morgan fingerprint density at radius 3 is 2.67 bits per heavy atom. The van der Waals surface area contributed by atoms with Crippen molar-refractivity contribution < 1.29 is 4.79 Å². The van der Waals surface area contributed by atoms with Gasteiger partial charge in [-0.2, -0.15) is 5.10 Å². The Morgan fingerprint density at radius 1 is 1.19 bits per heavy atom. The summed E-state index contributed by atoms with van der Waals surface area (Å²) in [4.78, 5) is 13.7. The van der Waals surface area contributed by atoms with Gasteiger partial charge in [-0.15, -0.1) is 11.8 Å². The number of benzene rings is 2. The van der Waals surface area contributed by atoms with E-state index in [1.807, 2.05) is 23.7 Å². The van der Waals surface area contributed by atoms with Gasteiger partial charge in [0.15, 0.2) is 0 Å². The summed E-state index contributed by atoms with van der Waals surface area (Å²) >= 11 is 1.67. The highest BCUT2D eigenvalue weighted by molar-refractivity contribution is 8.01. The highest BCUT2D eigenvalue weighted by Crippen LogP contribution is 2.36. The summed E-state index contributed by atoms with van der Waals surface area (Å²) in [6.07, 6.45) is 1.65. The number of hydrogen-bond donors (Lipinski definition) is 1. The van der Waals surface area contributed by atoms with Crippen LogP contribution in [0.4, 0.5) is 0 Å². The summed E-state index contributed by atoms with van der Waals surface area (Å²) in [5.74, 6) is 0.135. The second-order valence-electron chi connectivity index (χ2n) is 6.96. The zero-order chi connectivity index (χ0) is 18.8. The van der Waals surface area contributed by atoms with Crippen LogP contribution in [0.25, 0.3) is 5.69 Å². The van der Waals surface area contributed by atoms with Gasteiger partial charge in [0.1, 0.15) is 0 Å². The van der Waals surface area contributed by atoms with Gasteiger partial charge in [0.25, 0.3) is 0 Å². The maximum Gasteiger partial charge on any atom is 0.233 e. The molecule has 5 heteroatoms. The van der Waals surface area contributed by atoms with Crippen molar-refractivity contribution in [1.82, 2.24) is 15.1 Å². The molecule has 0 aliphatic carbocycles. The average Bonchev–Trinajstić information content (AvgIpc) is 3.25. The van der Waals surface area contributed by atoms with Crippen molar-refractivity contribution in [3.63, 3.8) is 0 Å². The molecular weight excluding hydrogens is 354 g/mol. The van der Waals surface area contributed by atoms with Crippen LogP contribution in [-0.2, 0) is 17.6 Å². The zero-order valence-corrected chi connectivity index (χ0v) is 16.4. The number of carbonyl (C=O) groups excluding carboxylic acids is 1. The first-order valence-corrected chi connectivity index (χ1v) is 10.1. The fraction of sp³-hybridized carbons (Fsp3) is 0.273. The molecule has 0 bridgehead atoms. The molecule has 4 nitrogen and oxygen atoms in total. The molecule has 2 heterocycles. The summed E-state index contributed by atoms with van der Waals surface area (Å²) in [6.45, 7) is 4.72. The van der Waals surface area contributed by atoms with Crippen molar-refractivity contribution in [1.29, 1.82) is 0 Å². The van der Waals surface area contributed by atoms with Crippen LogP contribution in [0.1, 0.15) is 22.5 Å². The van der Waals surface area contributed by atoms with Crippen LogP contribution in [0.5, 0.6) is 0 Å². The SMILES string of the molecule is Cc1cc(C)n(-c2ccc(CCNC(=O)C3Cc4ccccc4S3)cc2)n1. The zero-order valence-electron chi connectivity index (χ0n) is 15.6. The number of nitrogens with zero attached hydrogens (tertiary/aromatic N) is 2. The number of nitrogens with one attached hydrogen (secondary N) is 1. The Kier molecular flexibility index (Phi) is 5.03. The van der Waals surface area contributed by atoms with Crippen molar-refractivity contribution in [2.75, 3.05) is 6.54 Å². The first kappa shape index (κ1) is 17.9. The van der Waals surface area contributed by atoms with Gasteiger partial charge >= 0.3 is 0 Å². The number of fused-ring (bicyclic) bond motifs is 1. The molecule has 138 valence electrons. The molecule has 2 aromatic carbocycles. The lowest BCUT2D eigenvalue weighted by atomic mass is 10.1. The minimum absolute atomic E-state index is 0.00388. The van der Waals surface area contributed by atoms with E-state index in [0.717, 1.165) is 29.9 Å². The van der Waals surface area contributed by atoms with Gasteiger partial charge in [-0.3, -0.25) is 4.79 Å². The first-order chi connectivity index (χ1) is 13.1. The van der Waals surface area contributed by atoms with Crippen LogP contribution >= 0.6 is 11.8 Å². The number of aromatic nitrogens is 2. The molecule has 4 rings (SSSR count). The van der Waals surface area contributed by atoms with Crippen molar-refractivity contribution in [2.24, 2.45) is 0 Å². The minimum Gasteiger partial charge on any atom is -0.355 e. The maximum absolute atomic E-state index is 12.4. The molecule has 0 saturated heterocycles. The van der Waals surface area contributed by atoms with E-state index in [9.17, 15) is 4.79 Å². The summed E-state index contributed by atoms with van der Waals surface area (Å²) < 4.78 is 1.95. The average molecular weight is 378 g/mol. The highest BCUT2D eigenvalue weighted by Gasteiger charge is 2.27. The van der Waals surface area contributed by atoms with Crippen LogP contribution in [0.3, 0.4) is 0 Å². The minimum atomic E-state index is -0.00388. The van der Waals surface area contributed by atoms with E-state index in [0.29, 0.717) is 6.54 Å². The smallest absolute Gasteiger partial charge is 0.233 e. The Labute approximate surface area is 164 Å². The van der Waals surface area contributed by atoms with Crippen LogP contribution in [0.15, 0.2) is 59.5 Å². The third kappa shape index (κ3) is 3.93. The van der Waals surface area contributed by atoms with Crippen molar-refractivity contribution in [2.45, 2.75) is 36.8 Å². The van der Waals surface area contributed by atoms with E-state index in [1.54, 1.807) is 11.8 Å². The van der Waals surface area contributed by atoms with Crippen LogP contribution < -0.4 is 5.32 Å². The molecular formula is C22H23N3OS. The van der Waals surface area contributed by atoms with Crippen LogP contribution in [0.2, 0.25) is 0 Å². The monoisotopic (exact) mass is 377 g/mol. The van der Waals surface area contributed by atoms with E-state index < -0.39 is 0 Å². The topological polar surface area (TPSA) is 46.9 Å². The third-order valence-electron chi connectivity index (χ3n) is 4.84. The van der Waals surface area contributed by atoms with Crippen molar-refractivity contribution in [3.05, 3.63) is 77.1 Å². The molecule has 0 radical (unpaired) electrons. The Bertz CT molecular complexity index is 937. The number of thioether (sulfide) groups is 1. The lowest BCUT2D eigenvalue weighted by Gasteiger charge is -2.10. The predicted molar refractivity (Wildman–Crippen MR) is 110 cm³/mol. The van der Waals surface area contributed by atoms with E-state index in [4.69, 9.17) is 0 Å². The Morgan fingerprint density at radius 2 is 1.96 bits per heavy atom.